The molecule has 0 saturated carbocycles. The van der Waals surface area contributed by atoms with E-state index in [4.69, 9.17) is 14.7 Å². The van der Waals surface area contributed by atoms with E-state index in [1.165, 1.54) is 202 Å². The molecule has 0 unspecified atom stereocenters. The minimum absolute atomic E-state index is 0.589. The Labute approximate surface area is 712 Å². The van der Waals surface area contributed by atoms with Gasteiger partial charge < -0.3 is 4.74 Å². The van der Waals surface area contributed by atoms with Crippen LogP contribution in [-0.2, 0) is 43.8 Å². The summed E-state index contributed by atoms with van der Waals surface area (Å²) in [5.74, 6) is 2.99. The van der Waals surface area contributed by atoms with Gasteiger partial charge in [0.05, 0.1) is 74.8 Å². The number of ether oxygens (including phenoxy) is 1. The maximum Gasteiger partial charge on any atom is 0.146 e. The molecule has 0 aliphatic carbocycles. The van der Waals surface area contributed by atoms with Crippen LogP contribution >= 0.6 is 23.5 Å². The molecule has 13 aromatic carbocycles. The molecule has 13 aromatic heterocycles. The Kier molecular flexibility index (Phi) is 15.7. The second kappa shape index (κ2) is 27.4. The summed E-state index contributed by atoms with van der Waals surface area (Å²) in [5, 5.41) is 25.5. The SMILES string of the molecule is Cc1cccc(C)c1-c1ccc2c(c1)c1cccc3c1n1c(cnc21)CC3.c1ccc2c(c1)c1cccc3c1n1c(cnc21)CCC3.c1ccc2c(c1)c1cccc3c1n1c(cnc21)CO3.c1ccc2c(c1)c1cccc3c1n1c(cnc21)CS3.c1ccc2c(c1)c1cccc3c1n1c(cnc21)SC3.c1ccc2c(c1)c1cccc3ccc4cnc2n4c31. The van der Waals surface area contributed by atoms with E-state index in [0.717, 1.165) is 93.5 Å². The van der Waals surface area contributed by atoms with Crippen LogP contribution in [0.3, 0.4) is 0 Å². The molecule has 0 amide bonds. The first-order valence-corrected chi connectivity index (χ1v) is 44.3. The van der Waals surface area contributed by atoms with Crippen LogP contribution in [-0.4, -0.2) is 56.3 Å². The van der Waals surface area contributed by atoms with Gasteiger partial charge in [-0.15, -0.1) is 23.5 Å². The summed E-state index contributed by atoms with van der Waals surface area (Å²) in [6.07, 6.45) is 17.6. The van der Waals surface area contributed by atoms with Gasteiger partial charge in [0.15, 0.2) is 0 Å². The Balaban J connectivity index is 0.0000000795. The summed E-state index contributed by atoms with van der Waals surface area (Å²) in [6, 6.07) is 99.8. The molecule has 31 rings (SSSR count). The zero-order valence-corrected chi connectivity index (χ0v) is 68.9. The molecule has 584 valence electrons. The minimum atomic E-state index is 0.589. The number of rotatable bonds is 1. The summed E-state index contributed by atoms with van der Waals surface area (Å²) in [5.41, 5.74) is 30.0. The molecule has 5 aliphatic heterocycles. The highest BCUT2D eigenvalue weighted by Crippen LogP contribution is 2.46. The summed E-state index contributed by atoms with van der Waals surface area (Å²) >= 11 is 3.78. The molecule has 123 heavy (non-hydrogen) atoms. The van der Waals surface area contributed by atoms with Crippen LogP contribution in [0.2, 0.25) is 0 Å². The normalized spacial score (nSPS) is 13.5. The van der Waals surface area contributed by atoms with Gasteiger partial charge in [-0.25, -0.2) is 29.9 Å². The van der Waals surface area contributed by atoms with Crippen LogP contribution in [0.1, 0.15) is 57.0 Å². The molecule has 0 radical (unpaired) electrons. The van der Waals surface area contributed by atoms with Crippen molar-refractivity contribution in [1.82, 2.24) is 56.3 Å². The van der Waals surface area contributed by atoms with Crippen molar-refractivity contribution in [3.05, 3.63) is 367 Å². The first-order valence-electron chi connectivity index (χ1n) is 42.3. The van der Waals surface area contributed by atoms with E-state index in [9.17, 15) is 0 Å². The third-order valence-corrected chi connectivity index (χ3v) is 28.4. The standard InChI is InChI=1S/C25H20N2.C18H14N2.C17H10N2.C16H10N2O.2C16H10N2S/c1-15-5-3-6-16(2)23(15)18-10-12-21-22(13-18)20-8-4-7-17-9-11-19-14-26-25(21)27(19)24(17)20;1-2-9-16-14(8-1)15-10-4-6-12-5-3-7-13-11-19-18(16)20(13)17(12)15;1-2-6-15-13(5-1)14-7-3-4-11-8-9-12-10-18-17(15)19(12)16(11)14;1-2-5-13-11(4-1)12-6-3-7-14-15(12)18-10(9-19-14)8-17-16(13)18;1-2-6-13-11(5-1)12-7-3-4-10-9-19-14-8-17-16(13)18(14)15(10)12;1-2-5-13-11(4-1)12-6-3-7-14-15(12)18-10(9-19-14)8-17-16(13)18/h3-8,10,12-14H,9,11H2,1-2H3;1-2,4,6,8-11H,3,5,7H2;1-10H;3*1-8H,9H2. The van der Waals surface area contributed by atoms with E-state index in [1.54, 1.807) is 0 Å². The van der Waals surface area contributed by atoms with Crippen molar-refractivity contribution in [2.24, 2.45) is 0 Å². The first-order chi connectivity index (χ1) is 60.9. The van der Waals surface area contributed by atoms with Gasteiger partial charge in [-0.3, -0.25) is 26.4 Å². The van der Waals surface area contributed by atoms with E-state index in [1.807, 2.05) is 54.4 Å². The zero-order valence-electron chi connectivity index (χ0n) is 67.3. The Hall–Kier alpha value is -14.6. The maximum atomic E-state index is 5.83. The molecule has 0 spiro atoms. The molecular weight excluding hydrogens is 1550 g/mol. The quantitative estimate of drug-likeness (QED) is 0.117. The number of pyridine rings is 7. The first kappa shape index (κ1) is 70.2. The highest BCUT2D eigenvalue weighted by atomic mass is 32.2. The summed E-state index contributed by atoms with van der Waals surface area (Å²) in [6.45, 7) is 4.99. The van der Waals surface area contributed by atoms with Gasteiger partial charge in [-0.05, 0) is 153 Å². The number of benzene rings is 13. The van der Waals surface area contributed by atoms with E-state index >= 15 is 0 Å². The average molecular weight is 1620 g/mol. The Bertz CT molecular complexity index is 8600. The summed E-state index contributed by atoms with van der Waals surface area (Å²) in [7, 11) is 0. The lowest BCUT2D eigenvalue weighted by Gasteiger charge is -2.19. The van der Waals surface area contributed by atoms with E-state index in [-0.39, 0.29) is 0 Å². The fourth-order valence-corrected chi connectivity index (χ4v) is 23.0. The minimum Gasteiger partial charge on any atom is -0.485 e. The van der Waals surface area contributed by atoms with Gasteiger partial charge in [-0.2, -0.15) is 0 Å². The van der Waals surface area contributed by atoms with Gasteiger partial charge >= 0.3 is 0 Å². The van der Waals surface area contributed by atoms with Gasteiger partial charge in [0.25, 0.3) is 0 Å². The van der Waals surface area contributed by atoms with Crippen LogP contribution < -0.4 is 4.74 Å². The molecule has 18 heterocycles. The number of para-hydroxylation sites is 6. The van der Waals surface area contributed by atoms with Crippen LogP contribution in [0, 0.1) is 13.8 Å². The second-order valence-electron chi connectivity index (χ2n) is 33.0. The fourth-order valence-electron chi connectivity index (χ4n) is 21.0. The van der Waals surface area contributed by atoms with E-state index in [2.05, 4.69) is 346 Å². The lowest BCUT2D eigenvalue weighted by molar-refractivity contribution is 0.295. The lowest BCUT2D eigenvalue weighted by Crippen LogP contribution is -2.08. The van der Waals surface area contributed by atoms with Crippen molar-refractivity contribution < 1.29 is 4.74 Å². The molecular formula is C108H74N12OS2. The van der Waals surface area contributed by atoms with Gasteiger partial charge in [0.1, 0.15) is 51.3 Å². The molecule has 0 bridgehead atoms. The third kappa shape index (κ3) is 10.5. The van der Waals surface area contributed by atoms with Crippen molar-refractivity contribution in [2.45, 2.75) is 74.0 Å². The third-order valence-electron chi connectivity index (χ3n) is 26.3. The molecule has 15 heteroatoms. The highest BCUT2D eigenvalue weighted by molar-refractivity contribution is 7.99. The average Bonchev–Trinajstić information content (AvgIpc) is 1.69. The van der Waals surface area contributed by atoms with Crippen molar-refractivity contribution >= 4 is 198 Å². The molecule has 5 aliphatic rings. The zero-order chi connectivity index (χ0) is 80.8. The Morgan fingerprint density at radius 2 is 0.707 bits per heavy atom. The number of thioether (sulfide) groups is 2. The summed E-state index contributed by atoms with van der Waals surface area (Å²) < 4.78 is 19.8. The number of hydrogen-bond donors (Lipinski definition) is 0. The monoisotopic (exact) mass is 1620 g/mol. The number of fused-ring (bicyclic) bond motifs is 18. The predicted molar refractivity (Wildman–Crippen MR) is 508 cm³/mol. The number of imidazole rings is 6. The fraction of sp³-hybridized carbons (Fsp3) is 0.0926. The van der Waals surface area contributed by atoms with Crippen molar-refractivity contribution in [1.29, 1.82) is 0 Å². The van der Waals surface area contributed by atoms with E-state index < -0.39 is 0 Å². The van der Waals surface area contributed by atoms with Crippen molar-refractivity contribution in [3.8, 4) is 16.9 Å². The van der Waals surface area contributed by atoms with Crippen molar-refractivity contribution in [2.75, 3.05) is 0 Å². The van der Waals surface area contributed by atoms with Gasteiger partial charge in [-0.1, -0.05) is 249 Å². The highest BCUT2D eigenvalue weighted by Gasteiger charge is 2.27. The predicted octanol–water partition coefficient (Wildman–Crippen LogP) is 26.4. The molecule has 0 fully saturated rings. The van der Waals surface area contributed by atoms with Crippen LogP contribution in [0.5, 0.6) is 5.75 Å². The molecule has 0 saturated heterocycles. The Morgan fingerprint density at radius 3 is 1.33 bits per heavy atom. The molecule has 13 nitrogen and oxygen atoms in total. The molecule has 0 atom stereocenters. The smallest absolute Gasteiger partial charge is 0.146 e. The van der Waals surface area contributed by atoms with E-state index in [0.29, 0.717) is 6.61 Å². The maximum absolute atomic E-state index is 5.83. The Morgan fingerprint density at radius 1 is 0.276 bits per heavy atom. The number of nitrogens with zero attached hydrogens (tertiary/aromatic N) is 12. The van der Waals surface area contributed by atoms with Crippen LogP contribution in [0.4, 0.5) is 0 Å². The number of aromatic nitrogens is 12. The molecule has 26 aromatic rings. The van der Waals surface area contributed by atoms with Crippen LogP contribution in [0.25, 0.3) is 186 Å². The van der Waals surface area contributed by atoms with Crippen LogP contribution in [0.15, 0.2) is 326 Å². The van der Waals surface area contributed by atoms with Gasteiger partial charge in [0.2, 0.25) is 0 Å². The molecule has 0 N–H and O–H groups in total. The second-order valence-corrected chi connectivity index (χ2v) is 35.0. The number of hydrogen-bond acceptors (Lipinski definition) is 9. The van der Waals surface area contributed by atoms with Gasteiger partial charge in [0, 0.05) is 105 Å². The topological polar surface area (TPSA) is 113 Å². The lowest BCUT2D eigenvalue weighted by atomic mass is 9.92. The largest absolute Gasteiger partial charge is 0.485 e. The van der Waals surface area contributed by atoms with Crippen molar-refractivity contribution in [3.63, 3.8) is 0 Å². The summed E-state index contributed by atoms with van der Waals surface area (Å²) in [4.78, 5) is 29.4. The number of aryl methyl sites for hydroxylation is 6.